The van der Waals surface area contributed by atoms with E-state index in [1.807, 2.05) is 98.8 Å². The summed E-state index contributed by atoms with van der Waals surface area (Å²) in [5.74, 6) is -0.248. The van der Waals surface area contributed by atoms with Crippen LogP contribution in [0.1, 0.15) is 97.3 Å². The minimum atomic E-state index is -0.897. The van der Waals surface area contributed by atoms with Crippen LogP contribution in [0.15, 0.2) is 164 Å². The van der Waals surface area contributed by atoms with Crippen LogP contribution in [0.4, 0.5) is 0 Å². The molecule has 0 saturated carbocycles. The number of hydrogen-bond donors (Lipinski definition) is 1. The van der Waals surface area contributed by atoms with Crippen molar-refractivity contribution in [3.05, 3.63) is 192 Å². The average molecular weight is 856 g/mol. The molecular formula is C61H59N3O. The van der Waals surface area contributed by atoms with Gasteiger partial charge in [-0.3, -0.25) is 9.55 Å². The van der Waals surface area contributed by atoms with Crippen molar-refractivity contribution < 1.29 is 13.3 Å². The van der Waals surface area contributed by atoms with E-state index in [-0.39, 0.29) is 28.8 Å². The van der Waals surface area contributed by atoms with Crippen LogP contribution in [0.3, 0.4) is 0 Å². The maximum atomic E-state index is 12.6. The Hall–Kier alpha value is -7.04. The van der Waals surface area contributed by atoms with Gasteiger partial charge >= 0.3 is 0 Å². The Morgan fingerprint density at radius 1 is 0.600 bits per heavy atom. The van der Waals surface area contributed by atoms with E-state index < -0.39 is 29.4 Å². The van der Waals surface area contributed by atoms with E-state index in [4.69, 9.17) is 18.2 Å². The van der Waals surface area contributed by atoms with E-state index in [0.29, 0.717) is 39.3 Å². The van der Waals surface area contributed by atoms with Crippen molar-refractivity contribution in [3.8, 4) is 78.6 Å². The van der Waals surface area contributed by atoms with E-state index >= 15 is 0 Å². The molecule has 0 saturated heterocycles. The summed E-state index contributed by atoms with van der Waals surface area (Å²) in [6, 6.07) is 40.5. The van der Waals surface area contributed by atoms with Gasteiger partial charge in [-0.05, 0) is 141 Å². The van der Waals surface area contributed by atoms with Gasteiger partial charge in [-0.25, -0.2) is 4.98 Å². The highest BCUT2D eigenvalue weighted by Gasteiger charge is 2.29. The summed E-state index contributed by atoms with van der Waals surface area (Å²) in [4.78, 5) is 10.5. The van der Waals surface area contributed by atoms with Gasteiger partial charge in [0.25, 0.3) is 0 Å². The molecular weight excluding hydrogens is 791 g/mol. The van der Waals surface area contributed by atoms with Crippen LogP contribution in [-0.2, 0) is 10.8 Å². The van der Waals surface area contributed by atoms with Crippen LogP contribution < -0.4 is 0 Å². The standard InChI is InChI=1S/C61H59N3O/c1-38(2)43-27-28-54(50(34-43)42-23-15-12-16-24-42)64-55-26-18-25-49(57(55)63-59(64)51-36-48(60(5,6)7)37-52(58(51)65)61(8,9)10)46-31-45(41-21-13-11-14-22-41)32-47(33-46)53-35-44(29-30-62-53)56-39(3)19-17-20-40(56)4/h11-38,65H,1-10H3/i11D,13D,14D,21D,22D,38D. The summed E-state index contributed by atoms with van der Waals surface area (Å²) in [5.41, 5.74) is 14.1. The van der Waals surface area contributed by atoms with E-state index in [2.05, 4.69) is 102 Å². The molecule has 0 aliphatic rings. The molecule has 324 valence electrons. The Kier molecular flexibility index (Phi) is 9.40. The highest BCUT2D eigenvalue weighted by molar-refractivity contribution is 5.98. The van der Waals surface area contributed by atoms with Gasteiger partial charge in [0.15, 0.2) is 0 Å². The molecule has 0 amide bonds. The predicted molar refractivity (Wildman–Crippen MR) is 274 cm³/mol. The SMILES string of the molecule is [2H]c1c([2H])c([2H])c(-c2cc(-c3cc(-c4c(C)cccc4C)ccn3)cc(-c3cccc4c3nc(-c3cc(C(C)(C)C)cc(C(C)(C)C)c3O)n4-c3ccc(C([2H])(C)C)cc3-c3ccccc3)c2)c([2H])c1[2H]. The normalized spacial score (nSPS) is 13.5. The first-order chi connectivity index (χ1) is 33.4. The van der Waals surface area contributed by atoms with Crippen LogP contribution in [0, 0.1) is 13.8 Å². The Morgan fingerprint density at radius 3 is 1.98 bits per heavy atom. The van der Waals surface area contributed by atoms with Gasteiger partial charge in [-0.2, -0.15) is 0 Å². The number of nitrogens with zero attached hydrogens (tertiary/aromatic N) is 3. The second-order valence-corrected chi connectivity index (χ2v) is 19.5. The first kappa shape index (κ1) is 36.3. The average Bonchev–Trinajstić information content (AvgIpc) is 3.71. The molecule has 0 spiro atoms. The third kappa shape index (κ3) is 8.30. The van der Waals surface area contributed by atoms with Gasteiger partial charge in [0.05, 0.1) is 34.8 Å². The van der Waals surface area contributed by atoms with Crippen molar-refractivity contribution in [1.29, 1.82) is 0 Å². The Morgan fingerprint density at radius 2 is 1.29 bits per heavy atom. The van der Waals surface area contributed by atoms with Crippen molar-refractivity contribution in [2.75, 3.05) is 0 Å². The molecule has 65 heavy (non-hydrogen) atoms. The van der Waals surface area contributed by atoms with Crippen molar-refractivity contribution >= 4 is 11.0 Å². The fraction of sp³-hybridized carbons (Fsp3) is 0.213. The zero-order valence-corrected chi connectivity index (χ0v) is 39.0. The Bertz CT molecular complexity index is 3530. The molecule has 9 aromatic rings. The largest absolute Gasteiger partial charge is 0.507 e. The van der Waals surface area contributed by atoms with E-state index in [0.717, 1.165) is 66.8 Å². The van der Waals surface area contributed by atoms with Crippen LogP contribution in [-0.4, -0.2) is 19.6 Å². The van der Waals surface area contributed by atoms with E-state index in [1.165, 1.54) is 0 Å². The quantitative estimate of drug-likeness (QED) is 0.166. The zero-order chi connectivity index (χ0) is 51.1. The summed E-state index contributed by atoms with van der Waals surface area (Å²) < 4.78 is 55.2. The molecule has 1 N–H and O–H groups in total. The van der Waals surface area contributed by atoms with Crippen LogP contribution in [0.5, 0.6) is 5.75 Å². The van der Waals surface area contributed by atoms with Crippen molar-refractivity contribution in [2.45, 2.75) is 86.0 Å². The second kappa shape index (κ2) is 16.8. The van der Waals surface area contributed by atoms with Crippen LogP contribution in [0.25, 0.3) is 83.9 Å². The number of aromatic hydroxyl groups is 1. The zero-order valence-electron chi connectivity index (χ0n) is 45.0. The molecule has 0 atom stereocenters. The first-order valence-electron chi connectivity index (χ1n) is 25.3. The maximum Gasteiger partial charge on any atom is 0.149 e. The molecule has 4 nitrogen and oxygen atoms in total. The highest BCUT2D eigenvalue weighted by Crippen LogP contribution is 2.46. The van der Waals surface area contributed by atoms with E-state index in [1.54, 1.807) is 6.20 Å². The fourth-order valence-corrected chi connectivity index (χ4v) is 8.94. The van der Waals surface area contributed by atoms with Crippen LogP contribution >= 0.6 is 0 Å². The Labute approximate surface area is 393 Å². The molecule has 2 aromatic heterocycles. The lowest BCUT2D eigenvalue weighted by Crippen LogP contribution is -2.17. The lowest BCUT2D eigenvalue weighted by molar-refractivity contribution is 0.446. The number of benzene rings is 7. The number of rotatable bonds is 8. The van der Waals surface area contributed by atoms with Gasteiger partial charge in [0, 0.05) is 29.8 Å². The van der Waals surface area contributed by atoms with Gasteiger partial charge in [0.1, 0.15) is 11.6 Å². The van der Waals surface area contributed by atoms with Crippen LogP contribution in [0.2, 0.25) is 0 Å². The number of aryl methyl sites for hydroxylation is 2. The van der Waals surface area contributed by atoms with Crippen molar-refractivity contribution in [3.63, 3.8) is 0 Å². The van der Waals surface area contributed by atoms with Gasteiger partial charge in [-0.1, -0.05) is 158 Å². The monoisotopic (exact) mass is 856 g/mol. The summed E-state index contributed by atoms with van der Waals surface area (Å²) in [6.45, 7) is 20.7. The maximum absolute atomic E-state index is 12.6. The fourth-order valence-electron chi connectivity index (χ4n) is 8.94. The topological polar surface area (TPSA) is 50.9 Å². The predicted octanol–water partition coefficient (Wildman–Crippen LogP) is 16.5. The summed E-state index contributed by atoms with van der Waals surface area (Å²) in [7, 11) is 0. The number of hydrogen-bond acceptors (Lipinski definition) is 3. The molecule has 7 aromatic carbocycles. The molecule has 0 aliphatic carbocycles. The summed E-state index contributed by atoms with van der Waals surface area (Å²) in [5, 5.41) is 12.6. The number of imidazole rings is 1. The third-order valence-corrected chi connectivity index (χ3v) is 12.5. The lowest BCUT2D eigenvalue weighted by atomic mass is 9.79. The van der Waals surface area contributed by atoms with E-state index in [9.17, 15) is 5.11 Å². The smallest absolute Gasteiger partial charge is 0.149 e. The van der Waals surface area contributed by atoms with Gasteiger partial charge in [-0.15, -0.1) is 0 Å². The molecule has 0 radical (unpaired) electrons. The minimum absolute atomic E-state index is 0.0759. The third-order valence-electron chi connectivity index (χ3n) is 12.5. The number of aromatic nitrogens is 3. The summed E-state index contributed by atoms with van der Waals surface area (Å²) in [6.07, 6.45) is 1.78. The molecule has 0 bridgehead atoms. The molecule has 9 rings (SSSR count). The molecule has 0 unspecified atom stereocenters. The second-order valence-electron chi connectivity index (χ2n) is 19.5. The number of fused-ring (bicyclic) bond motifs is 1. The molecule has 0 fully saturated rings. The van der Waals surface area contributed by atoms with Gasteiger partial charge in [0.2, 0.25) is 0 Å². The highest BCUT2D eigenvalue weighted by atomic mass is 16.3. The van der Waals surface area contributed by atoms with Crippen molar-refractivity contribution in [2.24, 2.45) is 0 Å². The number of para-hydroxylation sites is 1. The number of pyridine rings is 1. The van der Waals surface area contributed by atoms with Gasteiger partial charge < -0.3 is 5.11 Å². The van der Waals surface area contributed by atoms with Crippen molar-refractivity contribution in [1.82, 2.24) is 14.5 Å². The minimum Gasteiger partial charge on any atom is -0.507 e. The molecule has 2 heterocycles. The Balaban J connectivity index is 1.41. The number of phenols is 1. The first-order valence-corrected chi connectivity index (χ1v) is 22.3. The molecule has 4 heteroatoms. The lowest BCUT2D eigenvalue weighted by Gasteiger charge is -2.27. The summed E-state index contributed by atoms with van der Waals surface area (Å²) >= 11 is 0. The number of phenolic OH excluding ortho intramolecular Hbond substituents is 1. The molecule has 0 aliphatic heterocycles.